The van der Waals surface area contributed by atoms with Crippen LogP contribution in [0.1, 0.15) is 11.1 Å². The van der Waals surface area contributed by atoms with Gasteiger partial charge in [-0.3, -0.25) is 0 Å². The Morgan fingerprint density at radius 1 is 1.22 bits per heavy atom. The number of nitrogens with zero attached hydrogens (tertiary/aromatic N) is 3. The highest BCUT2D eigenvalue weighted by atomic mass is 35.5. The van der Waals surface area contributed by atoms with E-state index in [9.17, 15) is 0 Å². The molecule has 2 rings (SSSR count). The number of nitrogens with two attached hydrogens (primary N) is 1. The lowest BCUT2D eigenvalue weighted by molar-refractivity contribution is 0.843. The molecule has 1 heterocycles. The Balaban J connectivity index is 2.16. The summed E-state index contributed by atoms with van der Waals surface area (Å²) in [6.45, 7) is 1.19. The molecule has 2 aromatic rings. The predicted molar refractivity (Wildman–Crippen MR) is 73.5 cm³/mol. The summed E-state index contributed by atoms with van der Waals surface area (Å²) in [7, 11) is 1.97. The summed E-state index contributed by atoms with van der Waals surface area (Å²) < 4.78 is 0. The molecule has 0 spiro atoms. The Kier molecular flexibility index (Phi) is 4.12. The van der Waals surface area contributed by atoms with Crippen LogP contribution in [0.25, 0.3) is 0 Å². The SMILES string of the molecule is CN(Cc1ccc(Cl)cc1)c1nnccc1CN. The monoisotopic (exact) mass is 262 g/mol. The van der Waals surface area contributed by atoms with Gasteiger partial charge in [0.25, 0.3) is 0 Å². The Labute approximate surface area is 111 Å². The number of hydrogen-bond acceptors (Lipinski definition) is 4. The fourth-order valence-corrected chi connectivity index (χ4v) is 1.90. The number of aromatic nitrogens is 2. The maximum absolute atomic E-state index is 5.86. The molecule has 1 aromatic heterocycles. The quantitative estimate of drug-likeness (QED) is 0.918. The first-order valence-electron chi connectivity index (χ1n) is 5.67. The average Bonchev–Trinajstić information content (AvgIpc) is 2.41. The van der Waals surface area contributed by atoms with Crippen LogP contribution in [0, 0.1) is 0 Å². The first-order chi connectivity index (χ1) is 8.70. The molecular weight excluding hydrogens is 248 g/mol. The molecular formula is C13H15ClN4. The van der Waals surface area contributed by atoms with Crippen LogP contribution in [0.3, 0.4) is 0 Å². The van der Waals surface area contributed by atoms with Gasteiger partial charge >= 0.3 is 0 Å². The Morgan fingerprint density at radius 3 is 2.61 bits per heavy atom. The Morgan fingerprint density at radius 2 is 1.94 bits per heavy atom. The second kappa shape index (κ2) is 5.80. The predicted octanol–water partition coefficient (Wildman–Crippen LogP) is 2.23. The van der Waals surface area contributed by atoms with Gasteiger partial charge in [-0.2, -0.15) is 5.10 Å². The molecule has 18 heavy (non-hydrogen) atoms. The minimum Gasteiger partial charge on any atom is -0.354 e. The molecule has 0 unspecified atom stereocenters. The molecule has 4 nitrogen and oxygen atoms in total. The molecule has 0 fully saturated rings. The van der Waals surface area contributed by atoms with Gasteiger partial charge in [0.2, 0.25) is 0 Å². The molecule has 5 heteroatoms. The van der Waals surface area contributed by atoms with Crippen LogP contribution >= 0.6 is 11.6 Å². The van der Waals surface area contributed by atoms with Crippen molar-refractivity contribution in [1.29, 1.82) is 0 Å². The van der Waals surface area contributed by atoms with E-state index in [4.69, 9.17) is 17.3 Å². The van der Waals surface area contributed by atoms with E-state index in [0.717, 1.165) is 28.5 Å². The van der Waals surface area contributed by atoms with Crippen LogP contribution in [0.2, 0.25) is 5.02 Å². The fourth-order valence-electron chi connectivity index (χ4n) is 1.77. The van der Waals surface area contributed by atoms with Crippen LogP contribution in [-0.2, 0) is 13.1 Å². The van der Waals surface area contributed by atoms with Crippen molar-refractivity contribution in [1.82, 2.24) is 10.2 Å². The maximum atomic E-state index is 5.86. The second-order valence-corrected chi connectivity index (χ2v) is 4.50. The zero-order valence-corrected chi connectivity index (χ0v) is 10.9. The third-order valence-corrected chi connectivity index (χ3v) is 2.95. The van der Waals surface area contributed by atoms with E-state index < -0.39 is 0 Å². The minimum atomic E-state index is 0.454. The zero-order chi connectivity index (χ0) is 13.0. The topological polar surface area (TPSA) is 55.0 Å². The van der Waals surface area contributed by atoms with Crippen LogP contribution in [0.15, 0.2) is 36.5 Å². The van der Waals surface area contributed by atoms with Crippen molar-refractivity contribution in [2.75, 3.05) is 11.9 Å². The van der Waals surface area contributed by atoms with Crippen LogP contribution < -0.4 is 10.6 Å². The molecule has 0 amide bonds. The highest BCUT2D eigenvalue weighted by molar-refractivity contribution is 6.30. The van der Waals surface area contributed by atoms with Crippen molar-refractivity contribution in [2.45, 2.75) is 13.1 Å². The number of halogens is 1. The van der Waals surface area contributed by atoms with Gasteiger partial charge in [0.15, 0.2) is 5.82 Å². The van der Waals surface area contributed by atoms with E-state index in [1.54, 1.807) is 6.20 Å². The number of anilines is 1. The van der Waals surface area contributed by atoms with Crippen molar-refractivity contribution >= 4 is 17.4 Å². The van der Waals surface area contributed by atoms with E-state index >= 15 is 0 Å². The first-order valence-corrected chi connectivity index (χ1v) is 6.04. The van der Waals surface area contributed by atoms with Crippen LogP contribution in [0.4, 0.5) is 5.82 Å². The normalized spacial score (nSPS) is 10.4. The molecule has 1 aromatic carbocycles. The first kappa shape index (κ1) is 12.8. The van der Waals surface area contributed by atoms with E-state index in [2.05, 4.69) is 10.2 Å². The van der Waals surface area contributed by atoms with Crippen molar-refractivity contribution in [2.24, 2.45) is 5.73 Å². The summed E-state index contributed by atoms with van der Waals surface area (Å²) >= 11 is 5.86. The van der Waals surface area contributed by atoms with Crippen LogP contribution in [-0.4, -0.2) is 17.2 Å². The van der Waals surface area contributed by atoms with Gasteiger partial charge in [-0.05, 0) is 23.8 Å². The van der Waals surface area contributed by atoms with Gasteiger partial charge < -0.3 is 10.6 Å². The average molecular weight is 263 g/mol. The Hall–Kier alpha value is -1.65. The second-order valence-electron chi connectivity index (χ2n) is 4.07. The Bertz CT molecular complexity index is 513. The highest BCUT2D eigenvalue weighted by Gasteiger charge is 2.08. The maximum Gasteiger partial charge on any atom is 0.155 e. The summed E-state index contributed by atoms with van der Waals surface area (Å²) in [6, 6.07) is 9.64. The van der Waals surface area contributed by atoms with Gasteiger partial charge in [-0.25, -0.2) is 0 Å². The van der Waals surface area contributed by atoms with Gasteiger partial charge in [0.1, 0.15) is 0 Å². The van der Waals surface area contributed by atoms with Crippen molar-refractivity contribution in [3.05, 3.63) is 52.7 Å². The summed E-state index contributed by atoms with van der Waals surface area (Å²) in [4.78, 5) is 2.03. The number of rotatable bonds is 4. The van der Waals surface area contributed by atoms with E-state index in [1.165, 1.54) is 0 Å². The van der Waals surface area contributed by atoms with E-state index in [0.29, 0.717) is 6.54 Å². The van der Waals surface area contributed by atoms with Gasteiger partial charge in [0.05, 0.1) is 6.20 Å². The fraction of sp³-hybridized carbons (Fsp3) is 0.231. The van der Waals surface area contributed by atoms with Gasteiger partial charge in [0, 0.05) is 30.7 Å². The molecule has 0 bridgehead atoms. The van der Waals surface area contributed by atoms with Gasteiger partial charge in [-0.15, -0.1) is 5.10 Å². The molecule has 0 radical (unpaired) electrons. The standard InChI is InChI=1S/C13H15ClN4/c1-18(9-10-2-4-12(14)5-3-10)13-11(8-15)6-7-16-17-13/h2-7H,8-9,15H2,1H3. The molecule has 0 aliphatic carbocycles. The molecule has 0 aliphatic rings. The molecule has 0 aliphatic heterocycles. The summed E-state index contributed by atoms with van der Waals surface area (Å²) in [6.07, 6.45) is 1.65. The van der Waals surface area contributed by atoms with Crippen molar-refractivity contribution in [3.8, 4) is 0 Å². The largest absolute Gasteiger partial charge is 0.354 e. The summed E-state index contributed by atoms with van der Waals surface area (Å²) in [5.74, 6) is 0.815. The van der Waals surface area contributed by atoms with E-state index in [1.807, 2.05) is 42.3 Å². The van der Waals surface area contributed by atoms with Crippen molar-refractivity contribution < 1.29 is 0 Å². The van der Waals surface area contributed by atoms with Crippen LogP contribution in [0.5, 0.6) is 0 Å². The number of hydrogen-bond donors (Lipinski definition) is 1. The number of benzene rings is 1. The third kappa shape index (κ3) is 2.97. The third-order valence-electron chi connectivity index (χ3n) is 2.70. The lowest BCUT2D eigenvalue weighted by Gasteiger charge is -2.20. The van der Waals surface area contributed by atoms with Crippen molar-refractivity contribution in [3.63, 3.8) is 0 Å². The summed E-state index contributed by atoms with van der Waals surface area (Å²) in [5.41, 5.74) is 7.84. The molecule has 0 saturated carbocycles. The molecule has 0 saturated heterocycles. The minimum absolute atomic E-state index is 0.454. The molecule has 94 valence electrons. The molecule has 0 atom stereocenters. The molecule has 2 N–H and O–H groups in total. The smallest absolute Gasteiger partial charge is 0.155 e. The summed E-state index contributed by atoms with van der Waals surface area (Å²) in [5, 5.41) is 8.77. The van der Waals surface area contributed by atoms with Gasteiger partial charge in [-0.1, -0.05) is 23.7 Å². The zero-order valence-electron chi connectivity index (χ0n) is 10.2. The lowest BCUT2D eigenvalue weighted by Crippen LogP contribution is -2.20. The lowest BCUT2D eigenvalue weighted by atomic mass is 10.2. The van der Waals surface area contributed by atoms with E-state index in [-0.39, 0.29) is 0 Å². The highest BCUT2D eigenvalue weighted by Crippen LogP contribution is 2.17.